The molecule has 0 aliphatic heterocycles. The van der Waals surface area contributed by atoms with Crippen LogP contribution < -0.4 is 9.62 Å². The van der Waals surface area contributed by atoms with Crippen LogP contribution in [0.3, 0.4) is 0 Å². The van der Waals surface area contributed by atoms with E-state index in [1.54, 1.807) is 44.2 Å². The predicted octanol–water partition coefficient (Wildman–Crippen LogP) is 4.96. The number of halogens is 2. The molecule has 0 unspecified atom stereocenters. The van der Waals surface area contributed by atoms with Crippen LogP contribution in [0.2, 0.25) is 10.0 Å². The standard InChI is InChI=1S/C26H35Cl2N3O4S/c1-7-23(26(33)29-14-17(2)3)30(15-20-11-12-21(27)13-22(20)28)24(32)16-31(36(6,34)35)25-18(4)9-8-10-19(25)5/h8-13,17,23H,7,14-16H2,1-6H3,(H,29,33)/t23-/m1/s1. The summed E-state index contributed by atoms with van der Waals surface area (Å²) >= 11 is 12.4. The lowest BCUT2D eigenvalue weighted by Crippen LogP contribution is -2.52. The molecule has 2 aromatic carbocycles. The van der Waals surface area contributed by atoms with E-state index in [4.69, 9.17) is 23.2 Å². The Bertz CT molecular complexity index is 1180. The molecule has 0 aliphatic rings. The summed E-state index contributed by atoms with van der Waals surface area (Å²) in [5, 5.41) is 3.69. The van der Waals surface area contributed by atoms with E-state index in [9.17, 15) is 18.0 Å². The molecule has 0 heterocycles. The van der Waals surface area contributed by atoms with E-state index in [1.807, 2.05) is 26.8 Å². The second-order valence-electron chi connectivity index (χ2n) is 9.33. The van der Waals surface area contributed by atoms with Crippen molar-refractivity contribution in [3.63, 3.8) is 0 Å². The Morgan fingerprint density at radius 1 is 1.06 bits per heavy atom. The molecule has 7 nitrogen and oxygen atoms in total. The first-order valence-corrected chi connectivity index (χ1v) is 14.4. The average Bonchev–Trinajstić information content (AvgIpc) is 2.77. The van der Waals surface area contributed by atoms with Crippen molar-refractivity contribution in [1.82, 2.24) is 10.2 Å². The van der Waals surface area contributed by atoms with Crippen molar-refractivity contribution >= 4 is 50.7 Å². The Balaban J connectivity index is 2.51. The first-order valence-electron chi connectivity index (χ1n) is 11.8. The second-order valence-corrected chi connectivity index (χ2v) is 12.1. The Labute approximate surface area is 224 Å². The smallest absolute Gasteiger partial charge is 0.244 e. The van der Waals surface area contributed by atoms with Crippen LogP contribution in [-0.2, 0) is 26.2 Å². The Morgan fingerprint density at radius 3 is 2.17 bits per heavy atom. The number of carbonyl (C=O) groups is 2. The lowest BCUT2D eigenvalue weighted by molar-refractivity contribution is -0.140. The molecular weight excluding hydrogens is 521 g/mol. The number of amides is 2. The number of sulfonamides is 1. The quantitative estimate of drug-likeness (QED) is 0.424. The number of hydrogen-bond donors (Lipinski definition) is 1. The van der Waals surface area contributed by atoms with Gasteiger partial charge in [0.1, 0.15) is 12.6 Å². The zero-order valence-electron chi connectivity index (χ0n) is 21.6. The third kappa shape index (κ3) is 7.85. The van der Waals surface area contributed by atoms with E-state index in [-0.39, 0.29) is 18.4 Å². The molecule has 10 heteroatoms. The molecule has 0 radical (unpaired) electrons. The van der Waals surface area contributed by atoms with Crippen molar-refractivity contribution in [3.8, 4) is 0 Å². The Morgan fingerprint density at radius 2 is 1.67 bits per heavy atom. The SMILES string of the molecule is CC[C@H](C(=O)NCC(C)C)N(Cc1ccc(Cl)cc1Cl)C(=O)CN(c1c(C)cccc1C)S(C)(=O)=O. The number of carbonyl (C=O) groups excluding carboxylic acids is 2. The van der Waals surface area contributed by atoms with Gasteiger partial charge in [-0.05, 0) is 55.0 Å². The molecule has 0 aromatic heterocycles. The monoisotopic (exact) mass is 555 g/mol. The molecule has 2 rings (SSSR count). The first kappa shape index (κ1) is 29.9. The number of hydrogen-bond acceptors (Lipinski definition) is 4. The highest BCUT2D eigenvalue weighted by atomic mass is 35.5. The summed E-state index contributed by atoms with van der Waals surface area (Å²) in [7, 11) is -3.81. The zero-order chi connectivity index (χ0) is 27.2. The molecule has 36 heavy (non-hydrogen) atoms. The maximum absolute atomic E-state index is 13.8. The number of anilines is 1. The minimum atomic E-state index is -3.81. The van der Waals surface area contributed by atoms with E-state index in [0.29, 0.717) is 34.3 Å². The maximum Gasteiger partial charge on any atom is 0.244 e. The van der Waals surface area contributed by atoms with Gasteiger partial charge in [0.05, 0.1) is 11.9 Å². The number of benzene rings is 2. The third-order valence-electron chi connectivity index (χ3n) is 5.79. The normalized spacial score (nSPS) is 12.4. The topological polar surface area (TPSA) is 86.8 Å². The van der Waals surface area contributed by atoms with Crippen LogP contribution in [0.5, 0.6) is 0 Å². The second kappa shape index (κ2) is 12.8. The van der Waals surface area contributed by atoms with Crippen LogP contribution in [0.25, 0.3) is 0 Å². The van der Waals surface area contributed by atoms with Gasteiger partial charge in [-0.1, -0.05) is 68.2 Å². The van der Waals surface area contributed by atoms with Gasteiger partial charge >= 0.3 is 0 Å². The molecule has 0 bridgehead atoms. The van der Waals surface area contributed by atoms with Crippen LogP contribution >= 0.6 is 23.2 Å². The summed E-state index contributed by atoms with van der Waals surface area (Å²) in [6.45, 7) is 9.38. The van der Waals surface area contributed by atoms with Crippen LogP contribution in [0.1, 0.15) is 43.9 Å². The fourth-order valence-electron chi connectivity index (χ4n) is 3.95. The molecule has 0 aliphatic carbocycles. The van der Waals surface area contributed by atoms with Crippen molar-refractivity contribution in [3.05, 3.63) is 63.1 Å². The van der Waals surface area contributed by atoms with Gasteiger partial charge in [-0.2, -0.15) is 0 Å². The number of nitrogens with zero attached hydrogens (tertiary/aromatic N) is 2. The van der Waals surface area contributed by atoms with Crippen molar-refractivity contribution in [2.75, 3.05) is 23.7 Å². The molecule has 0 saturated heterocycles. The first-order chi connectivity index (χ1) is 16.8. The molecule has 0 spiro atoms. The van der Waals surface area contributed by atoms with Crippen LogP contribution in [0.15, 0.2) is 36.4 Å². The summed E-state index contributed by atoms with van der Waals surface area (Å²) in [5.74, 6) is -0.589. The lowest BCUT2D eigenvalue weighted by Gasteiger charge is -2.33. The summed E-state index contributed by atoms with van der Waals surface area (Å²) in [5.41, 5.74) is 2.50. The number of para-hydroxylation sites is 1. The summed E-state index contributed by atoms with van der Waals surface area (Å²) in [4.78, 5) is 28.3. The number of aryl methyl sites for hydroxylation is 2. The van der Waals surface area contributed by atoms with E-state index in [0.717, 1.165) is 21.7 Å². The maximum atomic E-state index is 13.8. The van der Waals surface area contributed by atoms with E-state index in [1.165, 1.54) is 4.90 Å². The minimum Gasteiger partial charge on any atom is -0.354 e. The molecule has 0 saturated carbocycles. The summed E-state index contributed by atoms with van der Waals surface area (Å²) in [6.07, 6.45) is 1.41. The fraction of sp³-hybridized carbons (Fsp3) is 0.462. The average molecular weight is 557 g/mol. The predicted molar refractivity (Wildman–Crippen MR) is 147 cm³/mol. The Hall–Kier alpha value is -2.29. The minimum absolute atomic E-state index is 0.0206. The fourth-order valence-corrected chi connectivity index (χ4v) is 5.38. The molecule has 0 fully saturated rings. The molecule has 1 N–H and O–H groups in total. The summed E-state index contributed by atoms with van der Waals surface area (Å²) in [6, 6.07) is 9.53. The highest BCUT2D eigenvalue weighted by Gasteiger charge is 2.32. The number of rotatable bonds is 11. The molecule has 2 aromatic rings. The van der Waals surface area contributed by atoms with E-state index >= 15 is 0 Å². The van der Waals surface area contributed by atoms with Gasteiger partial charge in [0, 0.05) is 23.1 Å². The van der Waals surface area contributed by atoms with Crippen molar-refractivity contribution < 1.29 is 18.0 Å². The largest absolute Gasteiger partial charge is 0.354 e. The molecule has 1 atom stereocenters. The van der Waals surface area contributed by atoms with Crippen molar-refractivity contribution in [2.24, 2.45) is 5.92 Å². The van der Waals surface area contributed by atoms with Crippen LogP contribution in [0.4, 0.5) is 5.69 Å². The van der Waals surface area contributed by atoms with Gasteiger partial charge in [-0.15, -0.1) is 0 Å². The van der Waals surface area contributed by atoms with Gasteiger partial charge in [0.15, 0.2) is 0 Å². The highest BCUT2D eigenvalue weighted by Crippen LogP contribution is 2.28. The van der Waals surface area contributed by atoms with Crippen LogP contribution in [-0.4, -0.2) is 50.5 Å². The lowest BCUT2D eigenvalue weighted by atomic mass is 10.1. The van der Waals surface area contributed by atoms with Crippen molar-refractivity contribution in [1.29, 1.82) is 0 Å². The molecular formula is C26H35Cl2N3O4S. The number of nitrogens with one attached hydrogen (secondary N) is 1. The van der Waals surface area contributed by atoms with Gasteiger partial charge in [-0.3, -0.25) is 13.9 Å². The zero-order valence-corrected chi connectivity index (χ0v) is 24.0. The Kier molecular flexibility index (Phi) is 10.6. The van der Waals surface area contributed by atoms with Crippen molar-refractivity contribution in [2.45, 2.75) is 53.6 Å². The van der Waals surface area contributed by atoms with Crippen LogP contribution in [0, 0.1) is 19.8 Å². The van der Waals surface area contributed by atoms with Gasteiger partial charge in [0.2, 0.25) is 21.8 Å². The van der Waals surface area contributed by atoms with Gasteiger partial charge in [0.25, 0.3) is 0 Å². The van der Waals surface area contributed by atoms with E-state index < -0.39 is 28.5 Å². The van der Waals surface area contributed by atoms with Gasteiger partial charge in [-0.25, -0.2) is 8.42 Å². The highest BCUT2D eigenvalue weighted by molar-refractivity contribution is 7.92. The van der Waals surface area contributed by atoms with E-state index in [2.05, 4.69) is 5.32 Å². The third-order valence-corrected chi connectivity index (χ3v) is 7.49. The van der Waals surface area contributed by atoms with Gasteiger partial charge < -0.3 is 10.2 Å². The molecule has 2 amide bonds. The summed E-state index contributed by atoms with van der Waals surface area (Å²) < 4.78 is 26.8. The molecule has 198 valence electrons.